The number of fused-ring (bicyclic) bond motifs is 2. The van der Waals surface area contributed by atoms with Crippen LogP contribution >= 0.6 is 11.3 Å². The summed E-state index contributed by atoms with van der Waals surface area (Å²) in [5, 5.41) is 0.721. The fourth-order valence-corrected chi connectivity index (χ4v) is 4.65. The minimum atomic E-state index is 0.0607. The van der Waals surface area contributed by atoms with Crippen LogP contribution < -0.4 is 4.74 Å². The number of aromatic nitrogens is 3. The number of thiazole rings is 1. The van der Waals surface area contributed by atoms with Gasteiger partial charge in [-0.2, -0.15) is 0 Å². The lowest BCUT2D eigenvalue weighted by molar-refractivity contribution is 0.0595. The van der Waals surface area contributed by atoms with E-state index in [1.165, 1.54) is 5.56 Å². The van der Waals surface area contributed by atoms with Gasteiger partial charge in [-0.15, -0.1) is 0 Å². The van der Waals surface area contributed by atoms with Crippen LogP contribution in [-0.2, 0) is 0 Å². The van der Waals surface area contributed by atoms with Gasteiger partial charge in [-0.3, -0.25) is 4.79 Å². The molecule has 0 spiro atoms. The smallest absolute Gasteiger partial charge is 0.274 e. The standard InChI is InChI=1S/C21H20N4O2S/c1-13-3-2-4-18-19(13)24-21(28-18)27-15-7-9-25(10-8-15)20(26)14-5-6-16-17(11-14)23-12-22-16/h2-6,11-12,15H,7-10H2,1H3,(H,22,23). The van der Waals surface area contributed by atoms with Gasteiger partial charge in [0.2, 0.25) is 0 Å². The number of rotatable bonds is 3. The van der Waals surface area contributed by atoms with Crippen molar-refractivity contribution in [3.05, 3.63) is 53.9 Å². The molecule has 3 heterocycles. The van der Waals surface area contributed by atoms with Gasteiger partial charge in [-0.25, -0.2) is 9.97 Å². The molecule has 1 amide bonds. The highest BCUT2D eigenvalue weighted by atomic mass is 32.1. The van der Waals surface area contributed by atoms with Crippen LogP contribution in [0.1, 0.15) is 28.8 Å². The highest BCUT2D eigenvalue weighted by molar-refractivity contribution is 7.20. The molecule has 1 aliphatic rings. The van der Waals surface area contributed by atoms with E-state index in [0.717, 1.165) is 39.3 Å². The second-order valence-electron chi connectivity index (χ2n) is 7.15. The first-order chi connectivity index (χ1) is 13.7. The molecule has 0 atom stereocenters. The minimum Gasteiger partial charge on any atom is -0.467 e. The first-order valence-electron chi connectivity index (χ1n) is 9.42. The number of amides is 1. The van der Waals surface area contributed by atoms with E-state index in [-0.39, 0.29) is 12.0 Å². The van der Waals surface area contributed by atoms with Gasteiger partial charge < -0.3 is 14.6 Å². The molecule has 0 aliphatic carbocycles. The SMILES string of the molecule is Cc1cccc2sc(OC3CCN(C(=O)c4ccc5nc[nH]c5c4)CC3)nc12. The number of aromatic amines is 1. The summed E-state index contributed by atoms with van der Waals surface area (Å²) in [6, 6.07) is 11.8. The topological polar surface area (TPSA) is 71.1 Å². The normalized spacial score (nSPS) is 15.4. The predicted molar refractivity (Wildman–Crippen MR) is 110 cm³/mol. The number of nitrogens with one attached hydrogen (secondary N) is 1. The Labute approximate surface area is 166 Å². The van der Waals surface area contributed by atoms with Crippen molar-refractivity contribution in [2.75, 3.05) is 13.1 Å². The summed E-state index contributed by atoms with van der Waals surface area (Å²) < 4.78 is 7.28. The number of aryl methyl sites for hydroxylation is 1. The summed E-state index contributed by atoms with van der Waals surface area (Å²) in [5.74, 6) is 0.0607. The van der Waals surface area contributed by atoms with Gasteiger partial charge in [0.05, 0.1) is 27.6 Å². The summed E-state index contributed by atoms with van der Waals surface area (Å²) in [5.41, 5.74) is 4.63. The quantitative estimate of drug-likeness (QED) is 0.568. The number of hydrogen-bond donors (Lipinski definition) is 1. The van der Waals surface area contributed by atoms with Crippen LogP contribution in [0.25, 0.3) is 21.3 Å². The van der Waals surface area contributed by atoms with Crippen molar-refractivity contribution in [2.45, 2.75) is 25.9 Å². The Bertz CT molecular complexity index is 1160. The third kappa shape index (κ3) is 3.11. The molecule has 0 bridgehead atoms. The van der Waals surface area contributed by atoms with E-state index in [4.69, 9.17) is 4.74 Å². The average Bonchev–Trinajstić information content (AvgIpc) is 3.34. The first-order valence-corrected chi connectivity index (χ1v) is 10.2. The molecule has 0 saturated carbocycles. The summed E-state index contributed by atoms with van der Waals surface area (Å²) >= 11 is 1.59. The van der Waals surface area contributed by atoms with Gasteiger partial charge >= 0.3 is 0 Å². The largest absolute Gasteiger partial charge is 0.467 e. The Kier molecular flexibility index (Phi) is 4.24. The number of carbonyl (C=O) groups is 1. The zero-order chi connectivity index (χ0) is 19.1. The van der Waals surface area contributed by atoms with E-state index >= 15 is 0 Å². The highest BCUT2D eigenvalue weighted by Gasteiger charge is 2.25. The van der Waals surface area contributed by atoms with Crippen LogP contribution in [0.4, 0.5) is 0 Å². The van der Waals surface area contributed by atoms with Gasteiger partial charge in [0.25, 0.3) is 11.1 Å². The van der Waals surface area contributed by atoms with Gasteiger partial charge in [-0.05, 0) is 36.8 Å². The molecule has 142 valence electrons. The Morgan fingerprint density at radius 2 is 2.11 bits per heavy atom. The van der Waals surface area contributed by atoms with E-state index in [9.17, 15) is 4.79 Å². The summed E-state index contributed by atoms with van der Waals surface area (Å²) in [6.07, 6.45) is 3.37. The van der Waals surface area contributed by atoms with Crippen LogP contribution in [0.15, 0.2) is 42.7 Å². The maximum atomic E-state index is 12.8. The van der Waals surface area contributed by atoms with Crippen molar-refractivity contribution in [1.82, 2.24) is 19.9 Å². The molecule has 1 aliphatic heterocycles. The fourth-order valence-electron chi connectivity index (χ4n) is 3.69. The van der Waals surface area contributed by atoms with Crippen LogP contribution in [0, 0.1) is 6.92 Å². The number of hydrogen-bond acceptors (Lipinski definition) is 5. The van der Waals surface area contributed by atoms with E-state index in [1.54, 1.807) is 17.7 Å². The number of H-pyrrole nitrogens is 1. The van der Waals surface area contributed by atoms with Crippen molar-refractivity contribution in [3.8, 4) is 5.19 Å². The second kappa shape index (κ2) is 6.91. The van der Waals surface area contributed by atoms with Crippen molar-refractivity contribution >= 4 is 38.5 Å². The molecule has 2 aromatic heterocycles. The number of benzene rings is 2. The Balaban J connectivity index is 1.24. The zero-order valence-electron chi connectivity index (χ0n) is 15.5. The van der Waals surface area contributed by atoms with E-state index in [2.05, 4.69) is 34.0 Å². The van der Waals surface area contributed by atoms with Crippen molar-refractivity contribution < 1.29 is 9.53 Å². The molecule has 5 rings (SSSR count). The number of carbonyl (C=O) groups excluding carboxylic acids is 1. The molecular formula is C21H20N4O2S. The number of para-hydroxylation sites is 1. The first kappa shape index (κ1) is 17.2. The summed E-state index contributed by atoms with van der Waals surface area (Å²) in [4.78, 5) is 26.6. The lowest BCUT2D eigenvalue weighted by Gasteiger charge is -2.31. The Morgan fingerprint density at radius 3 is 2.93 bits per heavy atom. The Hall–Kier alpha value is -2.93. The maximum absolute atomic E-state index is 12.8. The van der Waals surface area contributed by atoms with E-state index in [0.29, 0.717) is 18.7 Å². The number of piperidine rings is 1. The van der Waals surface area contributed by atoms with E-state index < -0.39 is 0 Å². The van der Waals surface area contributed by atoms with Crippen LogP contribution in [0.2, 0.25) is 0 Å². The minimum absolute atomic E-state index is 0.0607. The highest BCUT2D eigenvalue weighted by Crippen LogP contribution is 2.31. The van der Waals surface area contributed by atoms with Gasteiger partial charge in [0, 0.05) is 31.5 Å². The number of ether oxygens (including phenoxy) is 1. The number of nitrogens with zero attached hydrogens (tertiary/aromatic N) is 3. The molecule has 0 unspecified atom stereocenters. The molecule has 1 N–H and O–H groups in total. The van der Waals surface area contributed by atoms with E-state index in [1.807, 2.05) is 29.2 Å². The molecular weight excluding hydrogens is 372 g/mol. The van der Waals surface area contributed by atoms with Gasteiger partial charge in [0.15, 0.2) is 0 Å². The molecule has 1 saturated heterocycles. The molecule has 6 nitrogen and oxygen atoms in total. The van der Waals surface area contributed by atoms with Crippen LogP contribution in [0.3, 0.4) is 0 Å². The number of likely N-dealkylation sites (tertiary alicyclic amines) is 1. The van der Waals surface area contributed by atoms with Crippen LogP contribution in [0.5, 0.6) is 5.19 Å². The Morgan fingerprint density at radius 1 is 1.25 bits per heavy atom. The van der Waals surface area contributed by atoms with Gasteiger partial charge in [0.1, 0.15) is 6.10 Å². The molecule has 7 heteroatoms. The predicted octanol–water partition coefficient (Wildman–Crippen LogP) is 4.16. The fraction of sp³-hybridized carbons (Fsp3) is 0.286. The molecule has 1 fully saturated rings. The van der Waals surface area contributed by atoms with Gasteiger partial charge in [-0.1, -0.05) is 23.5 Å². The molecule has 0 radical (unpaired) electrons. The average molecular weight is 392 g/mol. The summed E-state index contributed by atoms with van der Waals surface area (Å²) in [7, 11) is 0. The second-order valence-corrected chi connectivity index (χ2v) is 8.14. The maximum Gasteiger partial charge on any atom is 0.274 e. The zero-order valence-corrected chi connectivity index (χ0v) is 16.3. The molecule has 2 aromatic carbocycles. The molecule has 4 aromatic rings. The van der Waals surface area contributed by atoms with Crippen LogP contribution in [-0.4, -0.2) is 45.0 Å². The third-order valence-corrected chi connectivity index (χ3v) is 6.18. The third-order valence-electron chi connectivity index (χ3n) is 5.26. The lowest BCUT2D eigenvalue weighted by atomic mass is 10.1. The van der Waals surface area contributed by atoms with Crippen molar-refractivity contribution in [2.24, 2.45) is 0 Å². The monoisotopic (exact) mass is 392 g/mol. The summed E-state index contributed by atoms with van der Waals surface area (Å²) in [6.45, 7) is 3.44. The number of imidazole rings is 1. The van der Waals surface area contributed by atoms with Crippen molar-refractivity contribution in [1.29, 1.82) is 0 Å². The molecule has 28 heavy (non-hydrogen) atoms. The lowest BCUT2D eigenvalue weighted by Crippen LogP contribution is -2.41. The van der Waals surface area contributed by atoms with Crippen molar-refractivity contribution in [3.63, 3.8) is 0 Å².